The van der Waals surface area contributed by atoms with Crippen molar-refractivity contribution in [3.05, 3.63) is 23.5 Å². The Balaban J connectivity index is 2.13. The van der Waals surface area contributed by atoms with Crippen LogP contribution < -0.4 is 10.5 Å². The van der Waals surface area contributed by atoms with E-state index in [2.05, 4.69) is 25.1 Å². The molecule has 0 radical (unpaired) electrons. The first-order valence-corrected chi connectivity index (χ1v) is 6.52. The van der Waals surface area contributed by atoms with Crippen LogP contribution in [-0.4, -0.2) is 28.8 Å². The third-order valence-corrected chi connectivity index (χ3v) is 3.57. The minimum Gasteiger partial charge on any atom is -0.340 e. The molecule has 2 heterocycles. The van der Waals surface area contributed by atoms with Gasteiger partial charge in [0.15, 0.2) is 10.9 Å². The van der Waals surface area contributed by atoms with Gasteiger partial charge in [-0.3, -0.25) is 5.10 Å². The highest BCUT2D eigenvalue weighted by molar-refractivity contribution is 7.89. The fourth-order valence-corrected chi connectivity index (χ4v) is 2.44. The third kappa shape index (κ3) is 2.55. The van der Waals surface area contributed by atoms with E-state index in [1.54, 1.807) is 6.92 Å². The lowest BCUT2D eigenvalue weighted by atomic mass is 10.4. The highest BCUT2D eigenvalue weighted by atomic mass is 32.2. The topological polar surface area (TPSA) is 140 Å². The van der Waals surface area contributed by atoms with E-state index in [1.807, 2.05) is 0 Å². The molecule has 0 spiro atoms. The van der Waals surface area contributed by atoms with Crippen LogP contribution in [0.1, 0.15) is 17.3 Å². The summed E-state index contributed by atoms with van der Waals surface area (Å²) in [6, 6.07) is 0. The van der Waals surface area contributed by atoms with Gasteiger partial charge >= 0.3 is 0 Å². The zero-order valence-corrected chi connectivity index (χ0v) is 10.4. The lowest BCUT2D eigenvalue weighted by molar-refractivity contribution is 0.387. The van der Waals surface area contributed by atoms with Crippen LogP contribution in [0, 0.1) is 6.92 Å². The maximum absolute atomic E-state index is 11.9. The van der Waals surface area contributed by atoms with E-state index >= 15 is 0 Å². The second kappa shape index (κ2) is 4.84. The van der Waals surface area contributed by atoms with Gasteiger partial charge in [-0.2, -0.15) is 10.1 Å². The monoisotopic (exact) mass is 272 g/mol. The predicted octanol–water partition coefficient (Wildman–Crippen LogP) is -0.962. The number of aromatic amines is 1. The van der Waals surface area contributed by atoms with Crippen molar-refractivity contribution in [3.8, 4) is 0 Å². The van der Waals surface area contributed by atoms with E-state index < -0.39 is 10.0 Å². The fourth-order valence-electron chi connectivity index (χ4n) is 1.32. The fraction of sp³-hybridized carbons (Fsp3) is 0.375. The molecule has 2 rings (SSSR count). The van der Waals surface area contributed by atoms with Gasteiger partial charge in [-0.15, -0.1) is 0 Å². The number of nitrogens with two attached hydrogens (primary N) is 1. The molecule has 0 bridgehead atoms. The highest BCUT2D eigenvalue weighted by Gasteiger charge is 2.20. The SMILES string of the molecule is Cc1nc(CNS(=O)(=O)c2[nH]ncc2CN)no1. The van der Waals surface area contributed by atoms with Gasteiger partial charge in [0.05, 0.1) is 12.7 Å². The lowest BCUT2D eigenvalue weighted by Gasteiger charge is -2.03. The molecule has 4 N–H and O–H groups in total. The van der Waals surface area contributed by atoms with Crippen molar-refractivity contribution >= 4 is 10.0 Å². The van der Waals surface area contributed by atoms with Crippen LogP contribution in [0.5, 0.6) is 0 Å². The summed E-state index contributed by atoms with van der Waals surface area (Å²) in [6.07, 6.45) is 1.37. The standard InChI is InChI=1S/C8H12N6O3S/c1-5-12-7(14-17-5)4-11-18(15,16)8-6(2-9)3-10-13-8/h3,11H,2,4,9H2,1H3,(H,10,13). The van der Waals surface area contributed by atoms with Crippen LogP contribution >= 0.6 is 0 Å². The molecule has 0 saturated heterocycles. The Bertz CT molecular complexity index is 631. The van der Waals surface area contributed by atoms with Gasteiger partial charge in [0, 0.05) is 19.0 Å². The van der Waals surface area contributed by atoms with Crippen LogP contribution in [-0.2, 0) is 23.1 Å². The number of sulfonamides is 1. The van der Waals surface area contributed by atoms with E-state index in [0.717, 1.165) is 0 Å². The zero-order valence-electron chi connectivity index (χ0n) is 9.54. The summed E-state index contributed by atoms with van der Waals surface area (Å²) in [5.74, 6) is 0.623. The number of rotatable bonds is 5. The molecule has 0 amide bonds. The average Bonchev–Trinajstić information content (AvgIpc) is 2.95. The van der Waals surface area contributed by atoms with Crippen molar-refractivity contribution < 1.29 is 12.9 Å². The van der Waals surface area contributed by atoms with Crippen LogP contribution in [0.3, 0.4) is 0 Å². The molecular weight excluding hydrogens is 260 g/mol. The molecule has 0 fully saturated rings. The second-order valence-electron chi connectivity index (χ2n) is 3.48. The van der Waals surface area contributed by atoms with E-state index in [1.165, 1.54) is 6.20 Å². The molecule has 2 aromatic heterocycles. The number of aryl methyl sites for hydroxylation is 1. The van der Waals surface area contributed by atoms with E-state index in [-0.39, 0.29) is 23.9 Å². The number of hydrogen-bond acceptors (Lipinski definition) is 7. The van der Waals surface area contributed by atoms with Crippen molar-refractivity contribution in [2.24, 2.45) is 5.73 Å². The summed E-state index contributed by atoms with van der Waals surface area (Å²) >= 11 is 0. The van der Waals surface area contributed by atoms with Crippen molar-refractivity contribution in [2.45, 2.75) is 25.0 Å². The van der Waals surface area contributed by atoms with Gasteiger partial charge in [0.2, 0.25) is 5.89 Å². The third-order valence-electron chi connectivity index (χ3n) is 2.16. The first kappa shape index (κ1) is 12.7. The molecule has 0 aliphatic carbocycles. The molecule has 98 valence electrons. The van der Waals surface area contributed by atoms with Gasteiger partial charge < -0.3 is 10.3 Å². The minimum atomic E-state index is -3.72. The summed E-state index contributed by atoms with van der Waals surface area (Å²) in [5.41, 5.74) is 5.82. The minimum absolute atomic E-state index is 0.0507. The van der Waals surface area contributed by atoms with Gasteiger partial charge in [0.1, 0.15) is 0 Å². The number of nitrogens with one attached hydrogen (secondary N) is 2. The highest BCUT2D eigenvalue weighted by Crippen LogP contribution is 2.11. The van der Waals surface area contributed by atoms with Crippen molar-refractivity contribution in [2.75, 3.05) is 0 Å². The molecule has 10 heteroatoms. The van der Waals surface area contributed by atoms with Gasteiger partial charge in [-0.25, -0.2) is 13.1 Å². The summed E-state index contributed by atoms with van der Waals surface area (Å²) in [4.78, 5) is 3.88. The molecule has 0 aliphatic heterocycles. The second-order valence-corrected chi connectivity index (χ2v) is 5.19. The molecule has 2 aromatic rings. The van der Waals surface area contributed by atoms with Gasteiger partial charge in [-0.1, -0.05) is 5.16 Å². The number of nitrogens with zero attached hydrogens (tertiary/aromatic N) is 3. The van der Waals surface area contributed by atoms with Crippen molar-refractivity contribution in [1.29, 1.82) is 0 Å². The van der Waals surface area contributed by atoms with Crippen molar-refractivity contribution in [1.82, 2.24) is 25.1 Å². The largest absolute Gasteiger partial charge is 0.340 e. The van der Waals surface area contributed by atoms with E-state index in [4.69, 9.17) is 10.3 Å². The maximum Gasteiger partial charge on any atom is 0.258 e. The first-order valence-electron chi connectivity index (χ1n) is 5.04. The summed E-state index contributed by atoms with van der Waals surface area (Å²) in [7, 11) is -3.72. The summed E-state index contributed by atoms with van der Waals surface area (Å²) in [6.45, 7) is 1.63. The summed E-state index contributed by atoms with van der Waals surface area (Å²) < 4.78 is 30.9. The Morgan fingerprint density at radius 1 is 1.56 bits per heavy atom. The molecular formula is C8H12N6O3S. The Hall–Kier alpha value is -1.78. The normalized spacial score (nSPS) is 11.9. The average molecular weight is 272 g/mol. The lowest BCUT2D eigenvalue weighted by Crippen LogP contribution is -2.25. The molecule has 0 aromatic carbocycles. The van der Waals surface area contributed by atoms with E-state index in [0.29, 0.717) is 11.5 Å². The molecule has 0 atom stereocenters. The van der Waals surface area contributed by atoms with Crippen LogP contribution in [0.2, 0.25) is 0 Å². The Morgan fingerprint density at radius 3 is 2.94 bits per heavy atom. The quantitative estimate of drug-likeness (QED) is 0.636. The number of aromatic nitrogens is 4. The zero-order chi connectivity index (χ0) is 13.2. The van der Waals surface area contributed by atoms with Gasteiger partial charge in [0.25, 0.3) is 10.0 Å². The van der Waals surface area contributed by atoms with Crippen molar-refractivity contribution in [3.63, 3.8) is 0 Å². The van der Waals surface area contributed by atoms with Crippen LogP contribution in [0.15, 0.2) is 15.7 Å². The maximum atomic E-state index is 11.9. The van der Waals surface area contributed by atoms with Crippen LogP contribution in [0.4, 0.5) is 0 Å². The van der Waals surface area contributed by atoms with Crippen LogP contribution in [0.25, 0.3) is 0 Å². The molecule has 0 unspecified atom stereocenters. The molecule has 0 saturated carbocycles. The first-order chi connectivity index (χ1) is 8.53. The predicted molar refractivity (Wildman–Crippen MR) is 59.5 cm³/mol. The van der Waals surface area contributed by atoms with Gasteiger partial charge in [-0.05, 0) is 0 Å². The number of H-pyrrole nitrogens is 1. The summed E-state index contributed by atoms with van der Waals surface area (Å²) in [5, 5.41) is 9.57. The Labute approximate surface area is 103 Å². The Kier molecular flexibility index (Phi) is 3.41. The Morgan fingerprint density at radius 2 is 2.33 bits per heavy atom. The number of hydrogen-bond donors (Lipinski definition) is 3. The molecule has 18 heavy (non-hydrogen) atoms. The van der Waals surface area contributed by atoms with E-state index in [9.17, 15) is 8.42 Å². The molecule has 0 aliphatic rings. The smallest absolute Gasteiger partial charge is 0.258 e. The molecule has 9 nitrogen and oxygen atoms in total.